The summed E-state index contributed by atoms with van der Waals surface area (Å²) >= 11 is 0. The second-order valence-corrected chi connectivity index (χ2v) is 3.69. The fraction of sp³-hybridized carbons (Fsp3) is 0.875. The zero-order chi connectivity index (χ0) is 10.8. The lowest BCUT2D eigenvalue weighted by Crippen LogP contribution is -2.45. The van der Waals surface area contributed by atoms with E-state index in [0.717, 1.165) is 0 Å². The first-order chi connectivity index (χ1) is 6.46. The summed E-state index contributed by atoms with van der Waals surface area (Å²) in [6.45, 7) is 0. The largest absolute Gasteiger partial charge is 0.368 e. The molecule has 1 saturated carbocycles. The van der Waals surface area contributed by atoms with Crippen LogP contribution in [0.15, 0.2) is 5.10 Å². The lowest BCUT2D eigenvalue weighted by atomic mass is 9.91. The SMILES string of the molecule is CN(/C(N)=N/N)C1CCC(F)(F)CC1. The minimum atomic E-state index is -2.51. The van der Waals surface area contributed by atoms with E-state index in [1.54, 1.807) is 11.9 Å². The van der Waals surface area contributed by atoms with Crippen LogP contribution in [-0.2, 0) is 0 Å². The smallest absolute Gasteiger partial charge is 0.248 e. The third-order valence-electron chi connectivity index (χ3n) is 2.73. The van der Waals surface area contributed by atoms with Crippen molar-refractivity contribution >= 4 is 5.96 Å². The predicted molar refractivity (Wildman–Crippen MR) is 50.8 cm³/mol. The van der Waals surface area contributed by atoms with Crippen molar-refractivity contribution in [2.45, 2.75) is 37.6 Å². The maximum absolute atomic E-state index is 12.8. The highest BCUT2D eigenvalue weighted by Crippen LogP contribution is 2.34. The van der Waals surface area contributed by atoms with E-state index < -0.39 is 5.92 Å². The van der Waals surface area contributed by atoms with Gasteiger partial charge in [-0.15, -0.1) is 5.10 Å². The Hall–Kier alpha value is -1.07. The van der Waals surface area contributed by atoms with Crippen molar-refractivity contribution < 1.29 is 8.78 Å². The molecular weight excluding hydrogens is 190 g/mol. The Morgan fingerprint density at radius 2 is 1.93 bits per heavy atom. The van der Waals surface area contributed by atoms with E-state index in [-0.39, 0.29) is 24.8 Å². The molecule has 0 aromatic heterocycles. The molecule has 0 aliphatic heterocycles. The first-order valence-corrected chi connectivity index (χ1v) is 4.60. The van der Waals surface area contributed by atoms with Gasteiger partial charge in [-0.05, 0) is 12.8 Å². The topological polar surface area (TPSA) is 67.6 Å². The van der Waals surface area contributed by atoms with Gasteiger partial charge in [0.1, 0.15) is 0 Å². The van der Waals surface area contributed by atoms with Crippen LogP contribution in [0.4, 0.5) is 8.78 Å². The van der Waals surface area contributed by atoms with Crippen molar-refractivity contribution in [3.05, 3.63) is 0 Å². The molecule has 0 amide bonds. The molecule has 14 heavy (non-hydrogen) atoms. The van der Waals surface area contributed by atoms with Crippen molar-refractivity contribution in [1.82, 2.24) is 4.90 Å². The molecule has 0 aromatic carbocycles. The van der Waals surface area contributed by atoms with Gasteiger partial charge < -0.3 is 16.5 Å². The van der Waals surface area contributed by atoms with Gasteiger partial charge in [0.25, 0.3) is 0 Å². The number of hydrogen-bond acceptors (Lipinski definition) is 2. The Balaban J connectivity index is 2.50. The van der Waals surface area contributed by atoms with Crippen molar-refractivity contribution in [3.63, 3.8) is 0 Å². The number of alkyl halides is 2. The summed E-state index contributed by atoms with van der Waals surface area (Å²) in [5.74, 6) is 2.69. The van der Waals surface area contributed by atoms with E-state index in [1.165, 1.54) is 0 Å². The number of halogens is 2. The van der Waals surface area contributed by atoms with Gasteiger partial charge in [0.2, 0.25) is 11.9 Å². The van der Waals surface area contributed by atoms with Crippen LogP contribution in [0.25, 0.3) is 0 Å². The Morgan fingerprint density at radius 1 is 1.43 bits per heavy atom. The van der Waals surface area contributed by atoms with Crippen molar-refractivity contribution in [1.29, 1.82) is 0 Å². The summed E-state index contributed by atoms with van der Waals surface area (Å²) in [6.07, 6.45) is 0.694. The molecule has 1 aliphatic carbocycles. The maximum Gasteiger partial charge on any atom is 0.248 e. The Labute approximate surface area is 81.9 Å². The molecule has 0 heterocycles. The molecule has 82 valence electrons. The summed E-state index contributed by atoms with van der Waals surface area (Å²) in [6, 6.07) is 0.0296. The summed E-state index contributed by atoms with van der Waals surface area (Å²) in [4.78, 5) is 1.66. The fourth-order valence-corrected chi connectivity index (χ4v) is 1.69. The zero-order valence-corrected chi connectivity index (χ0v) is 8.21. The highest BCUT2D eigenvalue weighted by Gasteiger charge is 2.36. The van der Waals surface area contributed by atoms with E-state index in [9.17, 15) is 8.78 Å². The van der Waals surface area contributed by atoms with Crippen molar-refractivity contribution in [2.24, 2.45) is 16.7 Å². The summed E-state index contributed by atoms with van der Waals surface area (Å²) in [5.41, 5.74) is 5.48. The lowest BCUT2D eigenvalue weighted by Gasteiger charge is -2.34. The van der Waals surface area contributed by atoms with Gasteiger partial charge in [0, 0.05) is 25.9 Å². The number of hydrogen-bond donors (Lipinski definition) is 2. The van der Waals surface area contributed by atoms with Gasteiger partial charge in [-0.2, -0.15) is 0 Å². The highest BCUT2D eigenvalue weighted by atomic mass is 19.3. The standard InChI is InChI=1S/C8H16F2N4/c1-14(7(11)13-12)6-2-4-8(9,10)5-3-6/h6H,2-5,12H2,1H3,(H2,11,13). The van der Waals surface area contributed by atoms with E-state index in [1.807, 2.05) is 0 Å². The number of nitrogens with zero attached hydrogens (tertiary/aromatic N) is 2. The van der Waals surface area contributed by atoms with Crippen LogP contribution in [0, 0.1) is 0 Å². The molecule has 0 radical (unpaired) electrons. The Kier molecular flexibility index (Phi) is 3.13. The van der Waals surface area contributed by atoms with Crippen molar-refractivity contribution in [3.8, 4) is 0 Å². The molecule has 1 fully saturated rings. The lowest BCUT2D eigenvalue weighted by molar-refractivity contribution is -0.0462. The van der Waals surface area contributed by atoms with Crippen LogP contribution in [-0.4, -0.2) is 29.9 Å². The summed E-state index contributed by atoms with van der Waals surface area (Å²) in [5, 5.41) is 3.33. The van der Waals surface area contributed by atoms with Crippen LogP contribution < -0.4 is 11.6 Å². The normalized spacial score (nSPS) is 23.5. The molecule has 0 aromatic rings. The minimum absolute atomic E-state index is 0.0296. The second kappa shape index (κ2) is 3.98. The number of nitrogens with two attached hydrogens (primary N) is 2. The molecule has 0 atom stereocenters. The second-order valence-electron chi connectivity index (χ2n) is 3.69. The van der Waals surface area contributed by atoms with E-state index in [0.29, 0.717) is 12.8 Å². The van der Waals surface area contributed by atoms with Gasteiger partial charge in [-0.1, -0.05) is 0 Å². The van der Waals surface area contributed by atoms with Gasteiger partial charge in [-0.3, -0.25) is 0 Å². The minimum Gasteiger partial charge on any atom is -0.368 e. The summed E-state index contributed by atoms with van der Waals surface area (Å²) < 4.78 is 25.6. The molecular formula is C8H16F2N4. The zero-order valence-electron chi connectivity index (χ0n) is 8.21. The van der Waals surface area contributed by atoms with Gasteiger partial charge in [0.15, 0.2) is 0 Å². The van der Waals surface area contributed by atoms with E-state index >= 15 is 0 Å². The monoisotopic (exact) mass is 206 g/mol. The van der Waals surface area contributed by atoms with Crippen molar-refractivity contribution in [2.75, 3.05) is 7.05 Å². The molecule has 1 aliphatic rings. The number of rotatable bonds is 1. The van der Waals surface area contributed by atoms with Crippen LogP contribution >= 0.6 is 0 Å². The van der Waals surface area contributed by atoms with Gasteiger partial charge >= 0.3 is 0 Å². The number of hydrazone groups is 1. The third-order valence-corrected chi connectivity index (χ3v) is 2.73. The molecule has 4 nitrogen and oxygen atoms in total. The Morgan fingerprint density at radius 3 is 2.36 bits per heavy atom. The molecule has 6 heteroatoms. The average molecular weight is 206 g/mol. The first kappa shape index (κ1) is 11.0. The predicted octanol–water partition coefficient (Wildman–Crippen LogP) is 0.684. The molecule has 4 N–H and O–H groups in total. The fourth-order valence-electron chi connectivity index (χ4n) is 1.69. The molecule has 0 bridgehead atoms. The molecule has 1 rings (SSSR count). The molecule has 0 saturated heterocycles. The van der Waals surface area contributed by atoms with Gasteiger partial charge in [-0.25, -0.2) is 8.78 Å². The quantitative estimate of drug-likeness (QED) is 0.287. The molecule has 0 spiro atoms. The highest BCUT2D eigenvalue weighted by molar-refractivity contribution is 5.77. The van der Waals surface area contributed by atoms with Crippen LogP contribution in [0.2, 0.25) is 0 Å². The third kappa shape index (κ3) is 2.46. The maximum atomic E-state index is 12.8. The van der Waals surface area contributed by atoms with E-state index in [4.69, 9.17) is 11.6 Å². The first-order valence-electron chi connectivity index (χ1n) is 4.60. The van der Waals surface area contributed by atoms with Crippen LogP contribution in [0.3, 0.4) is 0 Å². The average Bonchev–Trinajstić information content (AvgIpc) is 2.15. The van der Waals surface area contributed by atoms with E-state index in [2.05, 4.69) is 5.10 Å². The summed E-state index contributed by atoms with van der Waals surface area (Å²) in [7, 11) is 1.72. The van der Waals surface area contributed by atoms with Gasteiger partial charge in [0.05, 0.1) is 0 Å². The number of guanidine groups is 1. The molecule has 0 unspecified atom stereocenters. The van der Waals surface area contributed by atoms with Crippen LogP contribution in [0.5, 0.6) is 0 Å². The Bertz CT molecular complexity index is 219. The van der Waals surface area contributed by atoms with Crippen LogP contribution in [0.1, 0.15) is 25.7 Å².